The Morgan fingerprint density at radius 1 is 1.04 bits per heavy atom. The Bertz CT molecular complexity index is 475. The fourth-order valence-corrected chi connectivity index (χ4v) is 4.70. The summed E-state index contributed by atoms with van der Waals surface area (Å²) in [5, 5.41) is 0. The molecule has 0 unspecified atom stereocenters. The van der Waals surface area contributed by atoms with E-state index < -0.39 is 0 Å². The van der Waals surface area contributed by atoms with Gasteiger partial charge in [0, 0.05) is 23.3 Å². The molecule has 0 spiro atoms. The molecule has 3 nitrogen and oxygen atoms in total. The SMILES string of the molecule is CSc1ccc(C[NH+]2CCC([NH+]3C[C@H](C)O[C@@H](C)C3)CC2)cc1. The number of piperidine rings is 1. The number of nitrogens with one attached hydrogen (secondary N) is 2. The molecule has 0 radical (unpaired) electrons. The van der Waals surface area contributed by atoms with Crippen molar-refractivity contribution in [1.82, 2.24) is 0 Å². The first-order chi connectivity index (χ1) is 11.1. The number of likely N-dealkylation sites (tertiary alicyclic amines) is 1. The normalized spacial score (nSPS) is 35.2. The summed E-state index contributed by atoms with van der Waals surface area (Å²) in [5.41, 5.74) is 1.48. The molecule has 0 aliphatic carbocycles. The molecule has 0 saturated carbocycles. The number of rotatable bonds is 4. The van der Waals surface area contributed by atoms with Crippen LogP contribution in [-0.4, -0.2) is 50.7 Å². The van der Waals surface area contributed by atoms with E-state index in [1.807, 2.05) is 11.8 Å². The van der Waals surface area contributed by atoms with Crippen LogP contribution in [0.5, 0.6) is 0 Å². The van der Waals surface area contributed by atoms with Gasteiger partial charge in [0.15, 0.2) is 0 Å². The standard InChI is InChI=1S/C19H30N2OS/c1-15-12-21(13-16(2)22-15)18-8-10-20(11-9-18)14-17-4-6-19(23-3)7-5-17/h4-7,15-16,18H,8-14H2,1-3H3/p+2/t15-,16-/m0/s1. The highest BCUT2D eigenvalue weighted by Gasteiger charge is 2.34. The number of hydrogen-bond donors (Lipinski definition) is 2. The van der Waals surface area contributed by atoms with Crippen LogP contribution in [-0.2, 0) is 11.3 Å². The number of hydrogen-bond acceptors (Lipinski definition) is 2. The zero-order valence-corrected chi connectivity index (χ0v) is 15.6. The minimum Gasteiger partial charge on any atom is -0.364 e. The van der Waals surface area contributed by atoms with Gasteiger partial charge >= 0.3 is 0 Å². The number of quaternary nitrogens is 2. The second-order valence-electron chi connectivity index (χ2n) is 7.37. The predicted octanol–water partition coefficient (Wildman–Crippen LogP) is 0.648. The lowest BCUT2D eigenvalue weighted by molar-refractivity contribution is -0.970. The average Bonchev–Trinajstić information content (AvgIpc) is 2.55. The Labute approximate surface area is 145 Å². The maximum atomic E-state index is 5.90. The average molecular weight is 337 g/mol. The zero-order chi connectivity index (χ0) is 16.2. The fourth-order valence-electron chi connectivity index (χ4n) is 4.29. The highest BCUT2D eigenvalue weighted by Crippen LogP contribution is 2.14. The Morgan fingerprint density at radius 2 is 1.65 bits per heavy atom. The van der Waals surface area contributed by atoms with Crippen molar-refractivity contribution in [1.29, 1.82) is 0 Å². The quantitative estimate of drug-likeness (QED) is 0.787. The Kier molecular flexibility index (Phi) is 6.02. The molecule has 1 aromatic carbocycles. The van der Waals surface area contributed by atoms with Crippen molar-refractivity contribution < 1.29 is 14.5 Å². The summed E-state index contributed by atoms with van der Waals surface area (Å²) in [4.78, 5) is 4.91. The van der Waals surface area contributed by atoms with E-state index in [0.717, 1.165) is 6.04 Å². The summed E-state index contributed by atoms with van der Waals surface area (Å²) in [5.74, 6) is 0. The first-order valence-electron chi connectivity index (χ1n) is 9.10. The van der Waals surface area contributed by atoms with E-state index in [4.69, 9.17) is 4.74 Å². The third kappa shape index (κ3) is 4.72. The third-order valence-electron chi connectivity index (χ3n) is 5.45. The smallest absolute Gasteiger partial charge is 0.104 e. The molecule has 2 heterocycles. The topological polar surface area (TPSA) is 18.1 Å². The van der Waals surface area contributed by atoms with Crippen LogP contribution in [0.25, 0.3) is 0 Å². The summed E-state index contributed by atoms with van der Waals surface area (Å²) in [6.45, 7) is 10.7. The number of morpholine rings is 1. The Hall–Kier alpha value is -0.550. The highest BCUT2D eigenvalue weighted by atomic mass is 32.2. The molecule has 0 aromatic heterocycles. The van der Waals surface area contributed by atoms with E-state index in [-0.39, 0.29) is 0 Å². The van der Waals surface area contributed by atoms with Crippen LogP contribution in [0.3, 0.4) is 0 Å². The fraction of sp³-hybridized carbons (Fsp3) is 0.684. The molecule has 128 valence electrons. The van der Waals surface area contributed by atoms with Crippen LogP contribution >= 0.6 is 11.8 Å². The Balaban J connectivity index is 1.48. The molecule has 2 aliphatic heterocycles. The predicted molar refractivity (Wildman–Crippen MR) is 96.4 cm³/mol. The first kappa shape index (κ1) is 17.3. The third-order valence-corrected chi connectivity index (χ3v) is 6.19. The molecular formula is C19H32N2OS+2. The van der Waals surface area contributed by atoms with Crippen molar-refractivity contribution in [3.63, 3.8) is 0 Å². The molecule has 2 N–H and O–H groups in total. The maximum Gasteiger partial charge on any atom is 0.104 e. The molecular weight excluding hydrogens is 304 g/mol. The van der Waals surface area contributed by atoms with E-state index in [0.29, 0.717) is 12.2 Å². The molecule has 2 aliphatic rings. The molecule has 0 bridgehead atoms. The minimum absolute atomic E-state index is 0.425. The molecule has 2 fully saturated rings. The van der Waals surface area contributed by atoms with E-state index >= 15 is 0 Å². The van der Waals surface area contributed by atoms with Crippen LogP contribution in [0, 0.1) is 0 Å². The second-order valence-corrected chi connectivity index (χ2v) is 8.25. The lowest BCUT2D eigenvalue weighted by Crippen LogP contribution is -3.22. The molecule has 3 rings (SSSR count). The van der Waals surface area contributed by atoms with Gasteiger partial charge in [0.05, 0.1) is 19.1 Å². The number of benzene rings is 1. The van der Waals surface area contributed by atoms with Gasteiger partial charge in [-0.25, -0.2) is 0 Å². The molecule has 4 heteroatoms. The molecule has 0 amide bonds. The van der Waals surface area contributed by atoms with Gasteiger partial charge in [0.1, 0.15) is 31.8 Å². The Morgan fingerprint density at radius 3 is 2.22 bits per heavy atom. The summed E-state index contributed by atoms with van der Waals surface area (Å²) < 4.78 is 5.90. The summed E-state index contributed by atoms with van der Waals surface area (Å²) in [6.07, 6.45) is 5.73. The summed E-state index contributed by atoms with van der Waals surface area (Å²) in [6, 6.07) is 9.98. The van der Waals surface area contributed by atoms with Crippen molar-refractivity contribution in [3.8, 4) is 0 Å². The summed E-state index contributed by atoms with van der Waals surface area (Å²) in [7, 11) is 0. The van der Waals surface area contributed by atoms with Gasteiger partial charge in [0.25, 0.3) is 0 Å². The van der Waals surface area contributed by atoms with Gasteiger partial charge in [-0.3, -0.25) is 0 Å². The lowest BCUT2D eigenvalue weighted by atomic mass is 10.0. The van der Waals surface area contributed by atoms with Crippen LogP contribution in [0.15, 0.2) is 29.2 Å². The number of thioether (sulfide) groups is 1. The molecule has 2 saturated heterocycles. The van der Waals surface area contributed by atoms with Crippen molar-refractivity contribution in [2.24, 2.45) is 0 Å². The van der Waals surface area contributed by atoms with Gasteiger partial charge in [0.2, 0.25) is 0 Å². The van der Waals surface area contributed by atoms with Gasteiger partial charge in [-0.05, 0) is 32.2 Å². The largest absolute Gasteiger partial charge is 0.364 e. The van der Waals surface area contributed by atoms with Crippen molar-refractivity contribution >= 4 is 11.8 Å². The van der Waals surface area contributed by atoms with Crippen LogP contribution in [0.1, 0.15) is 32.3 Å². The van der Waals surface area contributed by atoms with Gasteiger partial charge < -0.3 is 14.5 Å². The maximum absolute atomic E-state index is 5.90. The van der Waals surface area contributed by atoms with E-state index in [9.17, 15) is 0 Å². The van der Waals surface area contributed by atoms with Crippen molar-refractivity contribution in [2.45, 2.75) is 56.4 Å². The monoisotopic (exact) mass is 336 g/mol. The van der Waals surface area contributed by atoms with Crippen LogP contribution in [0.2, 0.25) is 0 Å². The van der Waals surface area contributed by atoms with Crippen LogP contribution < -0.4 is 9.80 Å². The zero-order valence-electron chi connectivity index (χ0n) is 14.8. The summed E-state index contributed by atoms with van der Waals surface area (Å²) >= 11 is 1.82. The highest BCUT2D eigenvalue weighted by molar-refractivity contribution is 7.98. The molecule has 23 heavy (non-hydrogen) atoms. The van der Waals surface area contributed by atoms with Gasteiger partial charge in [-0.2, -0.15) is 0 Å². The van der Waals surface area contributed by atoms with Crippen molar-refractivity contribution in [3.05, 3.63) is 29.8 Å². The van der Waals surface area contributed by atoms with Gasteiger partial charge in [-0.1, -0.05) is 12.1 Å². The number of ether oxygens (including phenoxy) is 1. The molecule has 2 atom stereocenters. The van der Waals surface area contributed by atoms with Gasteiger partial charge in [-0.15, -0.1) is 11.8 Å². The molecule has 1 aromatic rings. The van der Waals surface area contributed by atoms with E-state index in [1.165, 1.54) is 56.0 Å². The van der Waals surface area contributed by atoms with Crippen LogP contribution in [0.4, 0.5) is 0 Å². The lowest BCUT2D eigenvalue weighted by Gasteiger charge is -2.39. The van der Waals surface area contributed by atoms with E-state index in [2.05, 4.69) is 44.4 Å². The second kappa shape index (κ2) is 8.02. The minimum atomic E-state index is 0.425. The first-order valence-corrected chi connectivity index (χ1v) is 10.3. The van der Waals surface area contributed by atoms with E-state index in [1.54, 1.807) is 9.80 Å². The van der Waals surface area contributed by atoms with Crippen molar-refractivity contribution in [2.75, 3.05) is 32.4 Å².